The highest BCUT2D eigenvalue weighted by Gasteiger charge is 2.38. The van der Waals surface area contributed by atoms with Crippen LogP contribution in [0.3, 0.4) is 0 Å². The summed E-state index contributed by atoms with van der Waals surface area (Å²) in [6.07, 6.45) is 2.84. The summed E-state index contributed by atoms with van der Waals surface area (Å²) in [6.45, 7) is 2.31. The second-order valence-electron chi connectivity index (χ2n) is 6.25. The van der Waals surface area contributed by atoms with Crippen LogP contribution >= 0.6 is 12.4 Å². The fourth-order valence-electron chi connectivity index (χ4n) is 3.42. The van der Waals surface area contributed by atoms with Crippen LogP contribution in [0.25, 0.3) is 0 Å². The van der Waals surface area contributed by atoms with Gasteiger partial charge in [-0.25, -0.2) is 0 Å². The van der Waals surface area contributed by atoms with Crippen LogP contribution in [0.15, 0.2) is 24.3 Å². The van der Waals surface area contributed by atoms with Crippen LogP contribution in [0.5, 0.6) is 0 Å². The van der Waals surface area contributed by atoms with Gasteiger partial charge in [-0.3, -0.25) is 19.3 Å². The maximum atomic E-state index is 12.6. The van der Waals surface area contributed by atoms with Crippen LogP contribution in [0.2, 0.25) is 0 Å². The van der Waals surface area contributed by atoms with Gasteiger partial charge in [-0.2, -0.15) is 0 Å². The molecule has 1 fully saturated rings. The molecule has 1 saturated heterocycles. The summed E-state index contributed by atoms with van der Waals surface area (Å²) in [5.41, 5.74) is 6.72. The Morgan fingerprint density at radius 2 is 1.79 bits per heavy atom. The van der Waals surface area contributed by atoms with E-state index in [0.717, 1.165) is 24.2 Å². The summed E-state index contributed by atoms with van der Waals surface area (Å²) in [5.74, 6) is -0.997. The Labute approximate surface area is 147 Å². The van der Waals surface area contributed by atoms with Crippen LogP contribution in [0.1, 0.15) is 46.9 Å². The van der Waals surface area contributed by atoms with Crippen molar-refractivity contribution in [3.8, 4) is 0 Å². The predicted octanol–water partition coefficient (Wildman–Crippen LogP) is 1.43. The van der Waals surface area contributed by atoms with E-state index in [1.807, 2.05) is 6.92 Å². The molecule has 2 N–H and O–H groups in total. The Kier molecular flexibility index (Phi) is 5.62. The average molecular weight is 352 g/mol. The second kappa shape index (κ2) is 7.32. The number of fused-ring (bicyclic) bond motifs is 1. The zero-order chi connectivity index (χ0) is 16.6. The molecule has 0 saturated carbocycles. The lowest BCUT2D eigenvalue weighted by Gasteiger charge is -2.38. The third-order valence-electron chi connectivity index (χ3n) is 4.65. The number of likely N-dealkylation sites (tertiary alicyclic amines) is 1. The molecule has 2 aliphatic rings. The standard InChI is InChI=1S/C17H21N3O3.ClH/c1-11(18)14-8-4-5-9-19(14)15(21)10-20-16(22)12-6-2-3-7-13(12)17(20)23;/h2-3,6-7,11,14H,4-5,8-10,18H2,1H3;1H. The number of rotatable bonds is 3. The smallest absolute Gasteiger partial charge is 0.262 e. The summed E-state index contributed by atoms with van der Waals surface area (Å²) in [4.78, 5) is 40.1. The van der Waals surface area contributed by atoms with Gasteiger partial charge in [0.15, 0.2) is 0 Å². The van der Waals surface area contributed by atoms with E-state index in [1.54, 1.807) is 29.2 Å². The zero-order valence-corrected chi connectivity index (χ0v) is 14.4. The number of imide groups is 1. The first-order chi connectivity index (χ1) is 11.0. The highest BCUT2D eigenvalue weighted by Crippen LogP contribution is 2.24. The minimum absolute atomic E-state index is 0. The highest BCUT2D eigenvalue weighted by atomic mass is 35.5. The van der Waals surface area contributed by atoms with E-state index in [4.69, 9.17) is 5.73 Å². The minimum Gasteiger partial charge on any atom is -0.337 e. The van der Waals surface area contributed by atoms with Gasteiger partial charge in [0.25, 0.3) is 11.8 Å². The number of amides is 3. The highest BCUT2D eigenvalue weighted by molar-refractivity contribution is 6.22. The van der Waals surface area contributed by atoms with Gasteiger partial charge in [0.1, 0.15) is 6.54 Å². The van der Waals surface area contributed by atoms with Crippen molar-refractivity contribution in [2.24, 2.45) is 5.73 Å². The van der Waals surface area contributed by atoms with Crippen molar-refractivity contribution in [3.63, 3.8) is 0 Å². The number of benzene rings is 1. The van der Waals surface area contributed by atoms with Crippen molar-refractivity contribution < 1.29 is 14.4 Å². The van der Waals surface area contributed by atoms with Gasteiger partial charge in [-0.15, -0.1) is 12.4 Å². The molecule has 0 radical (unpaired) electrons. The monoisotopic (exact) mass is 351 g/mol. The van der Waals surface area contributed by atoms with Crippen molar-refractivity contribution in [1.82, 2.24) is 9.80 Å². The Morgan fingerprint density at radius 3 is 2.33 bits per heavy atom. The molecule has 1 aromatic carbocycles. The normalized spacial score (nSPS) is 21.3. The van der Waals surface area contributed by atoms with Crippen LogP contribution in [-0.2, 0) is 4.79 Å². The molecule has 2 heterocycles. The fraction of sp³-hybridized carbons (Fsp3) is 0.471. The van der Waals surface area contributed by atoms with E-state index in [2.05, 4.69) is 0 Å². The first-order valence-electron chi connectivity index (χ1n) is 8.01. The Balaban J connectivity index is 0.00000208. The molecular formula is C17H22ClN3O3. The lowest BCUT2D eigenvalue weighted by Crippen LogP contribution is -2.54. The fourth-order valence-corrected chi connectivity index (χ4v) is 3.42. The average Bonchev–Trinajstić information content (AvgIpc) is 2.80. The largest absolute Gasteiger partial charge is 0.337 e. The van der Waals surface area contributed by atoms with Crippen molar-refractivity contribution in [2.75, 3.05) is 13.1 Å². The molecule has 0 bridgehead atoms. The molecule has 7 heteroatoms. The lowest BCUT2D eigenvalue weighted by atomic mass is 9.97. The molecule has 2 unspecified atom stereocenters. The Hall–Kier alpha value is -1.92. The molecule has 0 aliphatic carbocycles. The molecule has 24 heavy (non-hydrogen) atoms. The van der Waals surface area contributed by atoms with Gasteiger partial charge in [0.05, 0.1) is 11.1 Å². The van der Waals surface area contributed by atoms with Crippen molar-refractivity contribution in [2.45, 2.75) is 38.3 Å². The van der Waals surface area contributed by atoms with Crippen molar-refractivity contribution >= 4 is 30.1 Å². The van der Waals surface area contributed by atoms with Crippen molar-refractivity contribution in [1.29, 1.82) is 0 Å². The summed E-state index contributed by atoms with van der Waals surface area (Å²) in [7, 11) is 0. The van der Waals surface area contributed by atoms with Gasteiger partial charge in [-0.05, 0) is 38.3 Å². The van der Waals surface area contributed by atoms with E-state index in [9.17, 15) is 14.4 Å². The van der Waals surface area contributed by atoms with E-state index in [0.29, 0.717) is 17.7 Å². The predicted molar refractivity (Wildman–Crippen MR) is 92.1 cm³/mol. The summed E-state index contributed by atoms with van der Waals surface area (Å²) < 4.78 is 0. The number of hydrogen-bond donors (Lipinski definition) is 1. The molecule has 3 amide bonds. The maximum Gasteiger partial charge on any atom is 0.262 e. The summed E-state index contributed by atoms with van der Waals surface area (Å²) in [6, 6.07) is 6.52. The molecule has 2 aliphatic heterocycles. The lowest BCUT2D eigenvalue weighted by molar-refractivity contribution is -0.135. The molecule has 1 aromatic rings. The number of nitrogens with two attached hydrogens (primary N) is 1. The molecular weight excluding hydrogens is 330 g/mol. The molecule has 130 valence electrons. The molecule has 6 nitrogen and oxygen atoms in total. The molecule has 3 rings (SSSR count). The van der Waals surface area contributed by atoms with Crippen molar-refractivity contribution in [3.05, 3.63) is 35.4 Å². The third-order valence-corrected chi connectivity index (χ3v) is 4.65. The SMILES string of the molecule is CC(N)C1CCCCN1C(=O)CN1C(=O)c2ccccc2C1=O.Cl. The third kappa shape index (κ3) is 3.16. The first-order valence-corrected chi connectivity index (χ1v) is 8.01. The number of carbonyl (C=O) groups excluding carboxylic acids is 3. The molecule has 2 atom stereocenters. The molecule has 0 spiro atoms. The van der Waals surface area contributed by atoms with E-state index < -0.39 is 11.8 Å². The van der Waals surface area contributed by atoms with Crippen LogP contribution in [0, 0.1) is 0 Å². The van der Waals surface area contributed by atoms with Gasteiger partial charge < -0.3 is 10.6 Å². The maximum absolute atomic E-state index is 12.6. The summed E-state index contributed by atoms with van der Waals surface area (Å²) in [5, 5.41) is 0. The Morgan fingerprint density at radius 1 is 1.21 bits per heavy atom. The first kappa shape index (κ1) is 18.4. The van der Waals surface area contributed by atoms with Gasteiger partial charge in [0, 0.05) is 18.6 Å². The number of carbonyl (C=O) groups is 3. The van der Waals surface area contributed by atoms with E-state index >= 15 is 0 Å². The minimum atomic E-state index is -0.395. The van der Waals surface area contributed by atoms with Gasteiger partial charge >= 0.3 is 0 Å². The van der Waals surface area contributed by atoms with E-state index in [1.165, 1.54) is 0 Å². The molecule has 0 aromatic heterocycles. The van der Waals surface area contributed by atoms with Gasteiger partial charge in [-0.1, -0.05) is 12.1 Å². The second-order valence-corrected chi connectivity index (χ2v) is 6.25. The number of hydrogen-bond acceptors (Lipinski definition) is 4. The zero-order valence-electron chi connectivity index (χ0n) is 13.6. The topological polar surface area (TPSA) is 83.7 Å². The number of nitrogens with zero attached hydrogens (tertiary/aromatic N) is 2. The van der Waals surface area contributed by atoms with Crippen LogP contribution in [-0.4, -0.2) is 52.7 Å². The number of halogens is 1. The quantitative estimate of drug-likeness (QED) is 0.835. The summed E-state index contributed by atoms with van der Waals surface area (Å²) >= 11 is 0. The Bertz CT molecular complexity index is 627. The van der Waals surface area contributed by atoms with Gasteiger partial charge in [0.2, 0.25) is 5.91 Å². The van der Waals surface area contributed by atoms with Crippen LogP contribution < -0.4 is 5.73 Å². The van der Waals surface area contributed by atoms with Crippen LogP contribution in [0.4, 0.5) is 0 Å². The number of piperidine rings is 1. The van der Waals surface area contributed by atoms with E-state index in [-0.39, 0.29) is 36.9 Å².